The average molecular weight is 502 g/mol. The first kappa shape index (κ1) is 25.3. The highest BCUT2D eigenvalue weighted by Gasteiger charge is 2.34. The number of nitrogens with zero attached hydrogens (tertiary/aromatic N) is 4. The van der Waals surface area contributed by atoms with Crippen LogP contribution >= 0.6 is 0 Å². The van der Waals surface area contributed by atoms with Crippen LogP contribution in [0.5, 0.6) is 0 Å². The number of halogens is 2. The Hall–Kier alpha value is -3.76. The predicted molar refractivity (Wildman–Crippen MR) is 129 cm³/mol. The second-order valence-corrected chi connectivity index (χ2v) is 8.91. The zero-order valence-corrected chi connectivity index (χ0v) is 20.2. The van der Waals surface area contributed by atoms with Crippen molar-refractivity contribution in [2.45, 2.75) is 38.8 Å². The van der Waals surface area contributed by atoms with Gasteiger partial charge >= 0.3 is 6.09 Å². The number of ether oxygens (including phenoxy) is 1. The van der Waals surface area contributed by atoms with E-state index in [0.29, 0.717) is 12.0 Å². The molecular formula is C25H29F2N5O4. The monoisotopic (exact) mass is 501 g/mol. The van der Waals surface area contributed by atoms with Gasteiger partial charge in [-0.05, 0) is 25.5 Å². The van der Waals surface area contributed by atoms with E-state index in [0.717, 1.165) is 18.6 Å². The van der Waals surface area contributed by atoms with Crippen molar-refractivity contribution < 1.29 is 27.9 Å². The Morgan fingerprint density at radius 2 is 1.89 bits per heavy atom. The zero-order valence-electron chi connectivity index (χ0n) is 20.2. The van der Waals surface area contributed by atoms with Gasteiger partial charge in [0.2, 0.25) is 5.91 Å². The first-order chi connectivity index (χ1) is 17.3. The van der Waals surface area contributed by atoms with Crippen LogP contribution in [0.4, 0.5) is 25.0 Å². The quantitative estimate of drug-likeness (QED) is 0.627. The number of hydrogen-bond donors (Lipinski definition) is 1. The summed E-state index contributed by atoms with van der Waals surface area (Å²) in [5, 5.41) is 2.66. The number of nitrogens with one attached hydrogen (secondary N) is 1. The van der Waals surface area contributed by atoms with Crippen molar-refractivity contribution in [3.8, 4) is 0 Å². The molecule has 3 amide bonds. The van der Waals surface area contributed by atoms with Crippen LogP contribution in [-0.2, 0) is 9.53 Å². The van der Waals surface area contributed by atoms with Crippen LogP contribution in [0.2, 0.25) is 0 Å². The number of amides is 3. The summed E-state index contributed by atoms with van der Waals surface area (Å²) in [5.41, 5.74) is 0.269. The van der Waals surface area contributed by atoms with E-state index in [-0.39, 0.29) is 56.1 Å². The van der Waals surface area contributed by atoms with Gasteiger partial charge in [0.15, 0.2) is 11.6 Å². The zero-order chi connectivity index (χ0) is 25.8. The SMILES string of the molecule is CCC[C@H]1CN(c2cc(F)c(N3CCN(C(=O)[C@H](C)NC(=O)c4cccnc4)CC3)c(F)c2)C(=O)O1. The summed E-state index contributed by atoms with van der Waals surface area (Å²) in [5.74, 6) is -2.26. The van der Waals surface area contributed by atoms with Crippen molar-refractivity contribution in [1.82, 2.24) is 15.2 Å². The van der Waals surface area contributed by atoms with E-state index in [9.17, 15) is 14.4 Å². The number of rotatable bonds is 7. The molecule has 0 spiro atoms. The lowest BCUT2D eigenvalue weighted by Gasteiger charge is -2.37. The van der Waals surface area contributed by atoms with Gasteiger partial charge in [0, 0.05) is 50.7 Å². The topological polar surface area (TPSA) is 95.1 Å². The predicted octanol–water partition coefficient (Wildman–Crippen LogP) is 2.95. The van der Waals surface area contributed by atoms with E-state index in [1.165, 1.54) is 11.1 Å². The highest BCUT2D eigenvalue weighted by molar-refractivity contribution is 5.97. The van der Waals surface area contributed by atoms with Crippen LogP contribution < -0.4 is 15.1 Å². The van der Waals surface area contributed by atoms with Crippen molar-refractivity contribution >= 4 is 29.3 Å². The summed E-state index contributed by atoms with van der Waals surface area (Å²) < 4.78 is 35.3. The molecule has 3 heterocycles. The molecule has 0 radical (unpaired) electrons. The normalized spacial score (nSPS) is 18.7. The molecule has 2 atom stereocenters. The maximum atomic E-state index is 15.0. The lowest BCUT2D eigenvalue weighted by Crippen LogP contribution is -2.54. The van der Waals surface area contributed by atoms with Crippen molar-refractivity contribution in [1.29, 1.82) is 0 Å². The maximum Gasteiger partial charge on any atom is 0.414 e. The Labute approximate surface area is 208 Å². The fourth-order valence-electron chi connectivity index (χ4n) is 4.48. The summed E-state index contributed by atoms with van der Waals surface area (Å²) >= 11 is 0. The van der Waals surface area contributed by atoms with E-state index in [2.05, 4.69) is 10.3 Å². The standard InChI is InChI=1S/C25H29F2N5O4/c1-3-5-19-15-32(25(35)36-19)18-12-20(26)22(21(27)13-18)30-8-10-31(11-9-30)24(34)16(2)29-23(33)17-6-4-7-28-14-17/h4,6-7,12-14,16,19H,3,5,8-11,15H2,1-2H3,(H,29,33)/t16-,19-/m0/s1. The third-order valence-corrected chi connectivity index (χ3v) is 6.35. The first-order valence-corrected chi connectivity index (χ1v) is 12.0. The lowest BCUT2D eigenvalue weighted by molar-refractivity contribution is -0.133. The van der Waals surface area contributed by atoms with Gasteiger partial charge in [-0.2, -0.15) is 0 Å². The molecular weight excluding hydrogens is 472 g/mol. The van der Waals surface area contributed by atoms with Crippen molar-refractivity contribution in [2.75, 3.05) is 42.5 Å². The molecule has 2 aliphatic heterocycles. The van der Waals surface area contributed by atoms with Gasteiger partial charge in [-0.1, -0.05) is 13.3 Å². The molecule has 1 N–H and O–H groups in total. The maximum absolute atomic E-state index is 15.0. The summed E-state index contributed by atoms with van der Waals surface area (Å²) in [6.07, 6.45) is 3.56. The van der Waals surface area contributed by atoms with Gasteiger partial charge in [0.05, 0.1) is 17.8 Å². The van der Waals surface area contributed by atoms with Crippen LogP contribution in [0, 0.1) is 11.6 Å². The fraction of sp³-hybridized carbons (Fsp3) is 0.440. The number of benzene rings is 1. The Kier molecular flexibility index (Phi) is 7.66. The Balaban J connectivity index is 1.36. The second-order valence-electron chi connectivity index (χ2n) is 8.91. The Morgan fingerprint density at radius 1 is 1.19 bits per heavy atom. The largest absolute Gasteiger partial charge is 0.444 e. The van der Waals surface area contributed by atoms with Crippen molar-refractivity contribution in [3.63, 3.8) is 0 Å². The van der Waals surface area contributed by atoms with Gasteiger partial charge in [-0.25, -0.2) is 13.6 Å². The van der Waals surface area contributed by atoms with E-state index in [1.807, 2.05) is 6.92 Å². The minimum absolute atomic E-state index is 0.115. The molecule has 0 aliphatic carbocycles. The Morgan fingerprint density at radius 3 is 2.50 bits per heavy atom. The summed E-state index contributed by atoms with van der Waals surface area (Å²) in [4.78, 5) is 45.5. The number of piperazine rings is 1. The molecule has 2 aliphatic rings. The van der Waals surface area contributed by atoms with Gasteiger partial charge in [0.25, 0.3) is 5.91 Å². The number of pyridine rings is 1. The van der Waals surface area contributed by atoms with Gasteiger partial charge in [-0.3, -0.25) is 19.5 Å². The highest BCUT2D eigenvalue weighted by Crippen LogP contribution is 2.32. The summed E-state index contributed by atoms with van der Waals surface area (Å²) in [7, 11) is 0. The average Bonchev–Trinajstić information content (AvgIpc) is 3.24. The molecule has 1 aromatic carbocycles. The molecule has 0 unspecified atom stereocenters. The molecule has 1 aromatic heterocycles. The molecule has 192 valence electrons. The van der Waals surface area contributed by atoms with E-state index in [1.54, 1.807) is 35.1 Å². The number of hydrogen-bond acceptors (Lipinski definition) is 6. The summed E-state index contributed by atoms with van der Waals surface area (Å²) in [6.45, 7) is 4.72. The molecule has 0 bridgehead atoms. The van der Waals surface area contributed by atoms with Crippen LogP contribution in [0.25, 0.3) is 0 Å². The van der Waals surface area contributed by atoms with Gasteiger partial charge in [-0.15, -0.1) is 0 Å². The molecule has 11 heteroatoms. The van der Waals surface area contributed by atoms with Crippen LogP contribution in [-0.4, -0.2) is 72.7 Å². The first-order valence-electron chi connectivity index (χ1n) is 12.0. The molecule has 0 saturated carbocycles. The second kappa shape index (κ2) is 10.9. The summed E-state index contributed by atoms with van der Waals surface area (Å²) in [6, 6.07) is 4.74. The van der Waals surface area contributed by atoms with E-state index >= 15 is 8.78 Å². The lowest BCUT2D eigenvalue weighted by atomic mass is 10.1. The van der Waals surface area contributed by atoms with Crippen molar-refractivity contribution in [2.24, 2.45) is 0 Å². The molecule has 4 rings (SSSR count). The number of anilines is 2. The highest BCUT2D eigenvalue weighted by atomic mass is 19.1. The minimum atomic E-state index is -0.784. The van der Waals surface area contributed by atoms with Gasteiger partial charge in [0.1, 0.15) is 17.8 Å². The van der Waals surface area contributed by atoms with Crippen molar-refractivity contribution in [3.05, 3.63) is 53.9 Å². The number of carbonyl (C=O) groups is 3. The number of aromatic nitrogens is 1. The van der Waals surface area contributed by atoms with E-state index < -0.39 is 29.7 Å². The third-order valence-electron chi connectivity index (χ3n) is 6.35. The van der Waals surface area contributed by atoms with E-state index in [4.69, 9.17) is 4.74 Å². The molecule has 2 fully saturated rings. The molecule has 2 saturated heterocycles. The number of carbonyl (C=O) groups excluding carboxylic acids is 3. The number of cyclic esters (lactones) is 1. The Bertz CT molecular complexity index is 1100. The minimum Gasteiger partial charge on any atom is -0.444 e. The van der Waals surface area contributed by atoms with Gasteiger partial charge < -0.3 is 19.9 Å². The fourth-order valence-corrected chi connectivity index (χ4v) is 4.48. The molecule has 36 heavy (non-hydrogen) atoms. The smallest absolute Gasteiger partial charge is 0.414 e. The van der Waals surface area contributed by atoms with Crippen LogP contribution in [0.3, 0.4) is 0 Å². The molecule has 9 nitrogen and oxygen atoms in total. The van der Waals surface area contributed by atoms with Crippen LogP contribution in [0.15, 0.2) is 36.7 Å². The molecule has 2 aromatic rings. The van der Waals surface area contributed by atoms with Crippen LogP contribution in [0.1, 0.15) is 37.0 Å². The third kappa shape index (κ3) is 5.39.